The fourth-order valence-corrected chi connectivity index (χ4v) is 5.87. The van der Waals surface area contributed by atoms with Crippen LogP contribution in [-0.4, -0.2) is 50.3 Å². The summed E-state index contributed by atoms with van der Waals surface area (Å²) in [6, 6.07) is 7.18. The fraction of sp³-hybridized carbons (Fsp3) is 0.579. The molecule has 0 N–H and O–H groups in total. The molecule has 4 rings (SSSR count). The Balaban J connectivity index is 1.35. The first-order valence-corrected chi connectivity index (χ1v) is 10.4. The number of hydrogen-bond donors (Lipinski definition) is 0. The smallest absolute Gasteiger partial charge is 0.243 e. The van der Waals surface area contributed by atoms with Gasteiger partial charge in [-0.05, 0) is 49.7 Å². The van der Waals surface area contributed by atoms with Crippen LogP contribution in [0.3, 0.4) is 0 Å². The molecule has 1 heterocycles. The Hall–Kier alpha value is -1.17. The van der Waals surface area contributed by atoms with E-state index in [1.54, 1.807) is 16.4 Å². The first-order chi connectivity index (χ1) is 11.5. The maximum atomic E-state index is 12.8. The van der Waals surface area contributed by atoms with Crippen molar-refractivity contribution in [2.75, 3.05) is 32.7 Å². The molecule has 1 aromatic rings. The van der Waals surface area contributed by atoms with Crippen LogP contribution in [0.2, 0.25) is 0 Å². The van der Waals surface area contributed by atoms with Gasteiger partial charge in [0.25, 0.3) is 0 Å². The standard InChI is InChI=1S/C19H26N2O2S/c1-15-2-6-19(7-3-15)24(22,23)21-10-8-20(9-11-21)14-18-13-16-4-5-17(18)12-16/h2-7,16-18H,8-14H2,1H3/t16-,17+,18+/m1/s1. The van der Waals surface area contributed by atoms with Crippen molar-refractivity contribution in [2.24, 2.45) is 17.8 Å². The van der Waals surface area contributed by atoms with E-state index in [1.807, 2.05) is 19.1 Å². The van der Waals surface area contributed by atoms with E-state index in [4.69, 9.17) is 0 Å². The number of nitrogens with zero attached hydrogens (tertiary/aromatic N) is 2. The minimum Gasteiger partial charge on any atom is -0.300 e. The van der Waals surface area contributed by atoms with Crippen molar-refractivity contribution in [3.05, 3.63) is 42.0 Å². The summed E-state index contributed by atoms with van der Waals surface area (Å²) in [7, 11) is -3.34. The molecule has 1 saturated carbocycles. The summed E-state index contributed by atoms with van der Waals surface area (Å²) < 4.78 is 27.2. The monoisotopic (exact) mass is 346 g/mol. The van der Waals surface area contributed by atoms with E-state index in [9.17, 15) is 8.42 Å². The number of sulfonamides is 1. The number of aryl methyl sites for hydroxylation is 1. The van der Waals surface area contributed by atoms with Crippen LogP contribution >= 0.6 is 0 Å². The number of allylic oxidation sites excluding steroid dienone is 2. The van der Waals surface area contributed by atoms with Crippen molar-refractivity contribution in [3.8, 4) is 0 Å². The molecule has 0 unspecified atom stereocenters. The van der Waals surface area contributed by atoms with Crippen LogP contribution in [0.5, 0.6) is 0 Å². The molecule has 4 nitrogen and oxygen atoms in total. The van der Waals surface area contributed by atoms with E-state index in [0.29, 0.717) is 18.0 Å². The molecule has 24 heavy (non-hydrogen) atoms. The lowest BCUT2D eigenvalue weighted by molar-refractivity contribution is 0.156. The molecule has 1 aliphatic heterocycles. The largest absolute Gasteiger partial charge is 0.300 e. The van der Waals surface area contributed by atoms with Gasteiger partial charge >= 0.3 is 0 Å². The molecule has 3 atom stereocenters. The fourth-order valence-electron chi connectivity index (χ4n) is 4.45. The lowest BCUT2D eigenvalue weighted by Crippen LogP contribution is -2.49. The van der Waals surface area contributed by atoms with Crippen LogP contribution < -0.4 is 0 Å². The van der Waals surface area contributed by atoms with E-state index >= 15 is 0 Å². The highest BCUT2D eigenvalue weighted by atomic mass is 32.2. The minimum atomic E-state index is -3.34. The lowest BCUT2D eigenvalue weighted by atomic mass is 9.93. The summed E-state index contributed by atoms with van der Waals surface area (Å²) in [5.74, 6) is 2.35. The van der Waals surface area contributed by atoms with Gasteiger partial charge in [-0.1, -0.05) is 29.8 Å². The number of rotatable bonds is 4. The summed E-state index contributed by atoms with van der Waals surface area (Å²) >= 11 is 0. The van der Waals surface area contributed by atoms with Crippen molar-refractivity contribution in [2.45, 2.75) is 24.7 Å². The van der Waals surface area contributed by atoms with Gasteiger partial charge in [0.2, 0.25) is 10.0 Å². The van der Waals surface area contributed by atoms with Gasteiger partial charge in [-0.2, -0.15) is 4.31 Å². The molecule has 5 heteroatoms. The van der Waals surface area contributed by atoms with E-state index < -0.39 is 10.0 Å². The van der Waals surface area contributed by atoms with Crippen LogP contribution in [0.1, 0.15) is 18.4 Å². The molecule has 0 amide bonds. The summed E-state index contributed by atoms with van der Waals surface area (Å²) in [6.45, 7) is 6.01. The van der Waals surface area contributed by atoms with Crippen LogP contribution in [0.4, 0.5) is 0 Å². The van der Waals surface area contributed by atoms with Crippen molar-refractivity contribution in [1.29, 1.82) is 0 Å². The maximum Gasteiger partial charge on any atom is 0.243 e. The van der Waals surface area contributed by atoms with Gasteiger partial charge in [-0.3, -0.25) is 0 Å². The average molecular weight is 346 g/mol. The van der Waals surface area contributed by atoms with E-state index in [1.165, 1.54) is 12.8 Å². The normalized spacial score (nSPS) is 31.0. The number of benzene rings is 1. The van der Waals surface area contributed by atoms with E-state index in [0.717, 1.165) is 43.0 Å². The molecule has 130 valence electrons. The predicted molar refractivity (Wildman–Crippen MR) is 95.2 cm³/mol. The van der Waals surface area contributed by atoms with E-state index in [-0.39, 0.29) is 0 Å². The molecule has 2 bridgehead atoms. The first-order valence-electron chi connectivity index (χ1n) is 9.00. The Bertz CT molecular complexity index is 718. The van der Waals surface area contributed by atoms with Crippen LogP contribution in [0.25, 0.3) is 0 Å². The van der Waals surface area contributed by atoms with Gasteiger partial charge < -0.3 is 4.90 Å². The molecular weight excluding hydrogens is 320 g/mol. The average Bonchev–Trinajstić information content (AvgIpc) is 3.19. The lowest BCUT2D eigenvalue weighted by Gasteiger charge is -2.36. The van der Waals surface area contributed by atoms with Gasteiger partial charge in [-0.15, -0.1) is 0 Å². The Morgan fingerprint density at radius 3 is 2.29 bits per heavy atom. The molecule has 2 aliphatic carbocycles. The second-order valence-electron chi connectivity index (χ2n) is 7.56. The van der Waals surface area contributed by atoms with Gasteiger partial charge in [-0.25, -0.2) is 8.42 Å². The molecule has 3 aliphatic rings. The molecule has 2 fully saturated rings. The molecular formula is C19H26N2O2S. The third-order valence-corrected chi connectivity index (χ3v) is 7.81. The zero-order valence-electron chi connectivity index (χ0n) is 14.3. The van der Waals surface area contributed by atoms with Gasteiger partial charge in [0.1, 0.15) is 0 Å². The van der Waals surface area contributed by atoms with Crippen molar-refractivity contribution < 1.29 is 8.42 Å². The van der Waals surface area contributed by atoms with Crippen LogP contribution in [0, 0.1) is 24.7 Å². The quantitative estimate of drug-likeness (QED) is 0.787. The Morgan fingerprint density at radius 1 is 1.00 bits per heavy atom. The van der Waals surface area contributed by atoms with Crippen molar-refractivity contribution in [1.82, 2.24) is 9.21 Å². The number of hydrogen-bond acceptors (Lipinski definition) is 3. The highest BCUT2D eigenvalue weighted by Gasteiger charge is 2.37. The Labute approximate surface area is 145 Å². The highest BCUT2D eigenvalue weighted by Crippen LogP contribution is 2.43. The number of piperazine rings is 1. The molecule has 1 aromatic carbocycles. The maximum absolute atomic E-state index is 12.8. The summed E-state index contributed by atoms with van der Waals surface area (Å²) in [5, 5.41) is 0. The zero-order valence-corrected chi connectivity index (χ0v) is 15.1. The second kappa shape index (κ2) is 6.28. The van der Waals surface area contributed by atoms with Crippen molar-refractivity contribution in [3.63, 3.8) is 0 Å². The SMILES string of the molecule is Cc1ccc(S(=O)(=O)N2CCN(C[C@@H]3C[C@@H]4C=C[C@H]3C4)CC2)cc1. The topological polar surface area (TPSA) is 40.6 Å². The third-order valence-electron chi connectivity index (χ3n) is 5.90. The van der Waals surface area contributed by atoms with Crippen LogP contribution in [0.15, 0.2) is 41.3 Å². The molecule has 0 aromatic heterocycles. The predicted octanol–water partition coefficient (Wildman–Crippen LogP) is 2.51. The minimum absolute atomic E-state index is 0.416. The van der Waals surface area contributed by atoms with Crippen LogP contribution in [-0.2, 0) is 10.0 Å². The Morgan fingerprint density at radius 2 is 1.71 bits per heavy atom. The second-order valence-corrected chi connectivity index (χ2v) is 9.50. The molecule has 0 radical (unpaired) electrons. The zero-order chi connectivity index (χ0) is 16.7. The van der Waals surface area contributed by atoms with Gasteiger partial charge in [0, 0.05) is 32.7 Å². The van der Waals surface area contributed by atoms with Crippen molar-refractivity contribution >= 4 is 10.0 Å². The van der Waals surface area contributed by atoms with E-state index in [2.05, 4.69) is 17.1 Å². The molecule has 1 saturated heterocycles. The number of fused-ring (bicyclic) bond motifs is 2. The van der Waals surface area contributed by atoms with Gasteiger partial charge in [0.15, 0.2) is 0 Å². The highest BCUT2D eigenvalue weighted by molar-refractivity contribution is 7.89. The molecule has 0 spiro atoms. The third kappa shape index (κ3) is 3.05. The Kier molecular flexibility index (Phi) is 4.27. The summed E-state index contributed by atoms with van der Waals surface area (Å²) in [5.41, 5.74) is 1.08. The summed E-state index contributed by atoms with van der Waals surface area (Å²) in [6.07, 6.45) is 7.44. The first kappa shape index (κ1) is 16.3. The van der Waals surface area contributed by atoms with Gasteiger partial charge in [0.05, 0.1) is 4.90 Å². The summed E-state index contributed by atoms with van der Waals surface area (Å²) in [4.78, 5) is 2.88.